The Morgan fingerprint density at radius 1 is 1.03 bits per heavy atom. The number of aryl methyl sites for hydroxylation is 1. The number of nitrogens with one attached hydrogen (secondary N) is 2. The Morgan fingerprint density at radius 2 is 1.79 bits per heavy atom. The topological polar surface area (TPSA) is 82.5 Å². The van der Waals surface area contributed by atoms with Crippen LogP contribution in [0.4, 0.5) is 5.69 Å². The molecule has 34 heavy (non-hydrogen) atoms. The Morgan fingerprint density at radius 3 is 2.56 bits per heavy atom. The number of carbonyl (C=O) groups is 2. The number of benzene rings is 2. The predicted octanol–water partition coefficient (Wildman–Crippen LogP) is 4.25. The van der Waals surface area contributed by atoms with Crippen LogP contribution in [0.25, 0.3) is 33.0 Å². The van der Waals surface area contributed by atoms with Crippen LogP contribution in [0.1, 0.15) is 17.5 Å². The Kier molecular flexibility index (Phi) is 5.61. The highest BCUT2D eigenvalue weighted by Gasteiger charge is 2.35. The molecule has 0 aliphatic carbocycles. The minimum absolute atomic E-state index is 0.386. The fraction of sp³-hybridized carbons (Fsp3) is 0.192. The number of hydrogen-bond donors (Lipinski definition) is 2. The van der Waals surface area contributed by atoms with Crippen LogP contribution in [-0.4, -0.2) is 47.2 Å². The van der Waals surface area contributed by atoms with E-state index in [2.05, 4.69) is 37.2 Å². The van der Waals surface area contributed by atoms with Crippen molar-refractivity contribution in [2.75, 3.05) is 25.5 Å². The second-order valence-corrected chi connectivity index (χ2v) is 8.59. The summed E-state index contributed by atoms with van der Waals surface area (Å²) < 4.78 is 2.12. The number of H-pyrrole nitrogens is 1. The van der Waals surface area contributed by atoms with Crippen LogP contribution in [0.2, 0.25) is 0 Å². The summed E-state index contributed by atoms with van der Waals surface area (Å²) >= 11 is 4.68. The first-order chi connectivity index (χ1) is 16.5. The van der Waals surface area contributed by atoms with Gasteiger partial charge in [-0.2, -0.15) is 0 Å². The zero-order chi connectivity index (χ0) is 23.8. The maximum Gasteiger partial charge on any atom is 0.259 e. The van der Waals surface area contributed by atoms with Crippen molar-refractivity contribution >= 4 is 67.8 Å². The van der Waals surface area contributed by atoms with Crippen molar-refractivity contribution in [1.29, 1.82) is 0 Å². The molecule has 170 valence electrons. The third-order valence-electron chi connectivity index (χ3n) is 6.16. The average molecular weight is 470 g/mol. The van der Waals surface area contributed by atoms with Gasteiger partial charge in [-0.05, 0) is 36.8 Å². The van der Waals surface area contributed by atoms with Gasteiger partial charge in [0.05, 0.1) is 28.4 Å². The molecule has 0 fully saturated rings. The number of aliphatic imine (C=N–C) groups is 1. The SMILES string of the molecule is CN(C)c1cccc2c1c(C1=C(c3c[nH]c4ccccc34)C(=O)NC1=O)cn2CCCN=C=S. The molecule has 8 heteroatoms. The molecule has 2 aromatic carbocycles. The molecule has 0 atom stereocenters. The van der Waals surface area contributed by atoms with Crippen molar-refractivity contribution < 1.29 is 9.59 Å². The maximum absolute atomic E-state index is 13.2. The van der Waals surface area contributed by atoms with Crippen molar-refractivity contribution in [2.45, 2.75) is 13.0 Å². The number of hydrogen-bond acceptors (Lipinski definition) is 5. The van der Waals surface area contributed by atoms with Crippen molar-refractivity contribution in [2.24, 2.45) is 4.99 Å². The first kappa shape index (κ1) is 21.8. The quantitative estimate of drug-likeness (QED) is 0.184. The predicted molar refractivity (Wildman–Crippen MR) is 139 cm³/mol. The van der Waals surface area contributed by atoms with Crippen LogP contribution < -0.4 is 10.2 Å². The molecule has 5 rings (SSSR count). The van der Waals surface area contributed by atoms with Gasteiger partial charge in [0.1, 0.15) is 0 Å². The second kappa shape index (κ2) is 8.74. The van der Waals surface area contributed by atoms with Gasteiger partial charge in [-0.3, -0.25) is 14.9 Å². The Hall–Kier alpha value is -4.00. The van der Waals surface area contributed by atoms with E-state index < -0.39 is 0 Å². The fourth-order valence-corrected chi connectivity index (χ4v) is 4.79. The lowest BCUT2D eigenvalue weighted by Crippen LogP contribution is -2.22. The van der Waals surface area contributed by atoms with Gasteiger partial charge in [-0.15, -0.1) is 0 Å². The summed E-state index contributed by atoms with van der Waals surface area (Å²) in [5.41, 5.74) is 5.11. The molecule has 1 aliphatic heterocycles. The van der Waals surface area contributed by atoms with Gasteiger partial charge in [-0.1, -0.05) is 24.3 Å². The largest absolute Gasteiger partial charge is 0.377 e. The van der Waals surface area contributed by atoms with Gasteiger partial charge < -0.3 is 14.5 Å². The summed E-state index contributed by atoms with van der Waals surface area (Å²) in [7, 11) is 3.94. The molecule has 1 aliphatic rings. The lowest BCUT2D eigenvalue weighted by molar-refractivity contribution is -0.122. The van der Waals surface area contributed by atoms with Gasteiger partial charge in [0.25, 0.3) is 11.8 Å². The number of para-hydroxylation sites is 1. The number of anilines is 1. The number of imide groups is 1. The molecule has 2 N–H and O–H groups in total. The number of thiocarbonyl (C=S) groups is 1. The molecule has 0 unspecified atom stereocenters. The number of nitrogens with zero attached hydrogens (tertiary/aromatic N) is 3. The molecule has 0 radical (unpaired) electrons. The van der Waals surface area contributed by atoms with E-state index in [0.29, 0.717) is 29.8 Å². The van der Waals surface area contributed by atoms with E-state index in [0.717, 1.165) is 39.5 Å². The molecule has 7 nitrogen and oxygen atoms in total. The molecule has 2 amide bonds. The van der Waals surface area contributed by atoms with Crippen molar-refractivity contribution in [3.05, 3.63) is 66.0 Å². The zero-order valence-corrected chi connectivity index (χ0v) is 19.7. The highest BCUT2D eigenvalue weighted by atomic mass is 32.1. The lowest BCUT2D eigenvalue weighted by Gasteiger charge is -2.15. The summed E-state index contributed by atoms with van der Waals surface area (Å²) in [4.78, 5) is 35.5. The van der Waals surface area contributed by atoms with Crippen LogP contribution in [0.5, 0.6) is 0 Å². The molecule has 0 spiro atoms. The Labute approximate surface area is 201 Å². The van der Waals surface area contributed by atoms with E-state index in [1.807, 2.05) is 67.7 Å². The standard InChI is InChI=1S/C26H23N5O2S/c1-30(2)20-9-5-10-21-22(20)18(14-31(21)12-6-11-27-15-34)24-23(25(32)29-26(24)33)17-13-28-19-8-4-3-7-16(17)19/h3-5,7-10,13-14,28H,6,11-12H2,1-2H3,(H,29,32,33). The Bertz CT molecular complexity index is 1540. The number of aromatic amines is 1. The summed E-state index contributed by atoms with van der Waals surface area (Å²) in [5, 5.41) is 6.76. The van der Waals surface area contributed by atoms with Crippen molar-refractivity contribution in [3.8, 4) is 0 Å². The van der Waals surface area contributed by atoms with Crippen LogP contribution in [0.15, 0.2) is 59.9 Å². The normalized spacial score (nSPS) is 13.6. The third-order valence-corrected chi connectivity index (χ3v) is 6.29. The molecule has 4 aromatic rings. The van der Waals surface area contributed by atoms with Crippen molar-refractivity contribution in [1.82, 2.24) is 14.9 Å². The zero-order valence-electron chi connectivity index (χ0n) is 18.9. The van der Waals surface area contributed by atoms with E-state index >= 15 is 0 Å². The second-order valence-electron chi connectivity index (χ2n) is 8.41. The van der Waals surface area contributed by atoms with Crippen LogP contribution in [-0.2, 0) is 16.1 Å². The van der Waals surface area contributed by atoms with E-state index in [1.54, 1.807) is 6.20 Å². The highest BCUT2D eigenvalue weighted by molar-refractivity contribution is 7.78. The van der Waals surface area contributed by atoms with Gasteiger partial charge in [0.2, 0.25) is 0 Å². The molecule has 0 bridgehead atoms. The molecule has 2 aromatic heterocycles. The van der Waals surface area contributed by atoms with Crippen molar-refractivity contribution in [3.63, 3.8) is 0 Å². The number of amides is 2. The van der Waals surface area contributed by atoms with Crippen LogP contribution in [0.3, 0.4) is 0 Å². The van der Waals surface area contributed by atoms with Crippen LogP contribution in [0, 0.1) is 0 Å². The number of fused-ring (bicyclic) bond motifs is 2. The molecule has 0 saturated carbocycles. The number of rotatable bonds is 7. The van der Waals surface area contributed by atoms with Gasteiger partial charge in [0, 0.05) is 66.1 Å². The summed E-state index contributed by atoms with van der Waals surface area (Å²) in [6, 6.07) is 13.8. The smallest absolute Gasteiger partial charge is 0.259 e. The highest BCUT2D eigenvalue weighted by Crippen LogP contribution is 2.41. The van der Waals surface area contributed by atoms with E-state index in [9.17, 15) is 9.59 Å². The fourth-order valence-electron chi connectivity index (χ4n) is 4.69. The number of carbonyl (C=O) groups excluding carboxylic acids is 2. The first-order valence-electron chi connectivity index (χ1n) is 11.0. The monoisotopic (exact) mass is 469 g/mol. The number of aromatic nitrogens is 2. The minimum Gasteiger partial charge on any atom is -0.377 e. The number of isothiocyanates is 1. The van der Waals surface area contributed by atoms with E-state index in [-0.39, 0.29) is 11.8 Å². The summed E-state index contributed by atoms with van der Waals surface area (Å²) in [6.07, 6.45) is 4.55. The lowest BCUT2D eigenvalue weighted by atomic mass is 9.95. The first-order valence-corrected chi connectivity index (χ1v) is 11.4. The Balaban J connectivity index is 1.78. The summed E-state index contributed by atoms with van der Waals surface area (Å²) in [5.74, 6) is -0.772. The molecule has 3 heterocycles. The van der Waals surface area contributed by atoms with Gasteiger partial charge >= 0.3 is 0 Å². The van der Waals surface area contributed by atoms with E-state index in [4.69, 9.17) is 0 Å². The average Bonchev–Trinajstić information content (AvgIpc) is 3.49. The van der Waals surface area contributed by atoms with Crippen LogP contribution >= 0.6 is 12.2 Å². The third kappa shape index (κ3) is 3.53. The molecule has 0 saturated heterocycles. The van der Waals surface area contributed by atoms with Gasteiger partial charge in [0.15, 0.2) is 0 Å². The summed E-state index contributed by atoms with van der Waals surface area (Å²) in [6.45, 7) is 1.27. The molecular formula is C26H23N5O2S. The van der Waals surface area contributed by atoms with E-state index in [1.165, 1.54) is 0 Å². The maximum atomic E-state index is 13.2. The van der Waals surface area contributed by atoms with Gasteiger partial charge in [-0.25, -0.2) is 4.99 Å². The molecular weight excluding hydrogens is 446 g/mol. The minimum atomic E-state index is -0.386.